The molecule has 0 unspecified atom stereocenters. The standard InChI is InChI=1S/C23H14F3N3O2S/c24-23(25,26)21-27-28(17-11-13-18(14-12-17)29(30)31)22(32-21)19(15-7-3-1-4-8-15)20(22)16-9-5-2-6-10-16/h1-14H. The van der Waals surface area contributed by atoms with Crippen molar-refractivity contribution >= 4 is 39.3 Å². The van der Waals surface area contributed by atoms with Gasteiger partial charge in [0.05, 0.1) is 10.6 Å². The van der Waals surface area contributed by atoms with Crippen molar-refractivity contribution in [3.63, 3.8) is 0 Å². The van der Waals surface area contributed by atoms with Gasteiger partial charge < -0.3 is 0 Å². The summed E-state index contributed by atoms with van der Waals surface area (Å²) in [5.41, 5.74) is 3.24. The number of hydrogen-bond acceptors (Lipinski definition) is 5. The Labute approximate surface area is 185 Å². The molecule has 3 aromatic rings. The molecule has 5 rings (SSSR count). The summed E-state index contributed by atoms with van der Waals surface area (Å²) in [6.45, 7) is 0. The molecule has 2 aliphatic rings. The molecule has 0 saturated carbocycles. The van der Waals surface area contributed by atoms with Gasteiger partial charge >= 0.3 is 6.18 Å². The van der Waals surface area contributed by atoms with Crippen LogP contribution in [0.2, 0.25) is 0 Å². The maximum Gasteiger partial charge on any atom is 0.441 e. The molecule has 0 aromatic heterocycles. The van der Waals surface area contributed by atoms with Gasteiger partial charge in [0.1, 0.15) is 0 Å². The SMILES string of the molecule is O=[N+]([O-])c1ccc(N2N=C(C(F)(F)F)SC23C(c2ccccc2)=C3c2ccccc2)cc1. The lowest BCUT2D eigenvalue weighted by Crippen LogP contribution is -2.30. The lowest BCUT2D eigenvalue weighted by molar-refractivity contribution is -0.384. The number of non-ortho nitro benzene ring substituents is 1. The molecule has 0 bridgehead atoms. The van der Waals surface area contributed by atoms with Gasteiger partial charge in [-0.25, -0.2) is 5.01 Å². The number of hydrogen-bond donors (Lipinski definition) is 0. The van der Waals surface area contributed by atoms with Crippen molar-refractivity contribution in [2.24, 2.45) is 5.10 Å². The molecule has 160 valence electrons. The third-order valence-corrected chi connectivity index (χ3v) is 6.65. The summed E-state index contributed by atoms with van der Waals surface area (Å²) in [5, 5.41) is 15.3. The Kier molecular flexibility index (Phi) is 4.59. The van der Waals surface area contributed by atoms with Crippen LogP contribution in [0.1, 0.15) is 11.1 Å². The molecule has 1 heterocycles. The van der Waals surface area contributed by atoms with Gasteiger partial charge in [-0.3, -0.25) is 10.1 Å². The van der Waals surface area contributed by atoms with Crippen molar-refractivity contribution in [1.82, 2.24) is 0 Å². The van der Waals surface area contributed by atoms with Crippen molar-refractivity contribution in [3.8, 4) is 0 Å². The first kappa shape index (κ1) is 20.3. The summed E-state index contributed by atoms with van der Waals surface area (Å²) >= 11 is 0.648. The van der Waals surface area contributed by atoms with Gasteiger partial charge in [-0.1, -0.05) is 72.4 Å². The zero-order chi connectivity index (χ0) is 22.5. The molecular weight excluding hydrogens is 439 g/mol. The Morgan fingerprint density at radius 1 is 0.844 bits per heavy atom. The van der Waals surface area contributed by atoms with E-state index in [9.17, 15) is 23.3 Å². The van der Waals surface area contributed by atoms with Crippen molar-refractivity contribution in [3.05, 3.63) is 106 Å². The van der Waals surface area contributed by atoms with Crippen LogP contribution in [-0.2, 0) is 0 Å². The van der Waals surface area contributed by atoms with Crippen LogP contribution in [0.15, 0.2) is 90.0 Å². The molecule has 0 fully saturated rings. The maximum atomic E-state index is 13.8. The molecule has 32 heavy (non-hydrogen) atoms. The summed E-state index contributed by atoms with van der Waals surface area (Å²) in [6.07, 6.45) is -4.63. The molecule has 0 N–H and O–H groups in total. The van der Waals surface area contributed by atoms with Crippen molar-refractivity contribution in [1.29, 1.82) is 0 Å². The number of rotatable bonds is 4. The number of nitro groups is 1. The van der Waals surface area contributed by atoms with E-state index in [0.717, 1.165) is 22.3 Å². The normalized spacial score (nSPS) is 17.0. The second-order valence-corrected chi connectivity index (χ2v) is 8.40. The number of nitro benzene ring substituents is 1. The molecule has 0 saturated heterocycles. The predicted octanol–water partition coefficient (Wildman–Crippen LogP) is 6.34. The van der Waals surface area contributed by atoms with E-state index in [0.29, 0.717) is 17.4 Å². The first-order valence-electron chi connectivity index (χ1n) is 9.58. The average molecular weight is 453 g/mol. The quantitative estimate of drug-likeness (QED) is 0.341. The smallest absolute Gasteiger partial charge is 0.258 e. The number of halogens is 3. The van der Waals surface area contributed by atoms with E-state index < -0.39 is 21.0 Å². The topological polar surface area (TPSA) is 58.7 Å². The van der Waals surface area contributed by atoms with Gasteiger partial charge in [0.25, 0.3) is 5.69 Å². The molecule has 1 aliphatic carbocycles. The highest BCUT2D eigenvalue weighted by Gasteiger charge is 2.66. The van der Waals surface area contributed by atoms with Gasteiger partial charge in [-0.05, 0) is 23.3 Å². The number of benzene rings is 3. The van der Waals surface area contributed by atoms with Crippen LogP contribution in [0.5, 0.6) is 0 Å². The summed E-state index contributed by atoms with van der Waals surface area (Å²) in [4.78, 5) is 9.29. The summed E-state index contributed by atoms with van der Waals surface area (Å²) in [7, 11) is 0. The molecule has 1 aliphatic heterocycles. The van der Waals surface area contributed by atoms with Crippen molar-refractivity contribution in [2.75, 3.05) is 5.01 Å². The van der Waals surface area contributed by atoms with E-state index in [-0.39, 0.29) is 5.69 Å². The second-order valence-electron chi connectivity index (χ2n) is 7.22. The van der Waals surface area contributed by atoms with Crippen LogP contribution in [-0.4, -0.2) is 21.0 Å². The number of anilines is 1. The third kappa shape index (κ3) is 3.16. The Balaban J connectivity index is 1.67. The Morgan fingerprint density at radius 3 is 1.78 bits per heavy atom. The molecule has 0 amide bonds. The minimum Gasteiger partial charge on any atom is -0.258 e. The molecule has 3 aromatic carbocycles. The highest BCUT2D eigenvalue weighted by Crippen LogP contribution is 2.69. The minimum absolute atomic E-state index is 0.148. The van der Waals surface area contributed by atoms with E-state index in [2.05, 4.69) is 5.10 Å². The minimum atomic E-state index is -4.63. The molecule has 1 spiro atoms. The number of thioether (sulfide) groups is 1. The number of nitrogens with zero attached hydrogens (tertiary/aromatic N) is 3. The summed E-state index contributed by atoms with van der Waals surface area (Å²) < 4.78 is 41.3. The zero-order valence-electron chi connectivity index (χ0n) is 16.3. The number of hydrazone groups is 1. The van der Waals surface area contributed by atoms with Gasteiger partial charge in [0.2, 0.25) is 5.04 Å². The molecule has 9 heteroatoms. The first-order valence-corrected chi connectivity index (χ1v) is 10.4. The fourth-order valence-corrected chi connectivity index (χ4v) is 5.24. The molecular formula is C23H14F3N3O2S. The maximum absolute atomic E-state index is 13.8. The summed E-state index contributed by atoms with van der Waals surface area (Å²) in [5.74, 6) is 0. The van der Waals surface area contributed by atoms with Crippen molar-refractivity contribution in [2.45, 2.75) is 11.0 Å². The van der Waals surface area contributed by atoms with Crippen LogP contribution in [0, 0.1) is 10.1 Å². The van der Waals surface area contributed by atoms with Gasteiger partial charge in [0.15, 0.2) is 4.87 Å². The van der Waals surface area contributed by atoms with Crippen LogP contribution >= 0.6 is 11.8 Å². The molecule has 0 atom stereocenters. The van der Waals surface area contributed by atoms with E-state index >= 15 is 0 Å². The van der Waals surface area contributed by atoms with Crippen molar-refractivity contribution < 1.29 is 18.1 Å². The third-order valence-electron chi connectivity index (χ3n) is 5.27. The molecule has 5 nitrogen and oxygen atoms in total. The highest BCUT2D eigenvalue weighted by molar-refractivity contribution is 8.16. The van der Waals surface area contributed by atoms with Gasteiger partial charge in [0, 0.05) is 23.3 Å². The second kappa shape index (κ2) is 7.23. The lowest BCUT2D eigenvalue weighted by atomic mass is 10.1. The predicted molar refractivity (Wildman–Crippen MR) is 119 cm³/mol. The first-order chi connectivity index (χ1) is 15.3. The molecule has 0 radical (unpaired) electrons. The fourth-order valence-electron chi connectivity index (χ4n) is 3.89. The van der Waals surface area contributed by atoms with E-state index in [1.54, 1.807) is 0 Å². The van der Waals surface area contributed by atoms with Crippen LogP contribution in [0.4, 0.5) is 24.5 Å². The van der Waals surface area contributed by atoms with Crippen LogP contribution < -0.4 is 5.01 Å². The fraction of sp³-hybridized carbons (Fsp3) is 0.0870. The Hall–Kier alpha value is -3.59. The van der Waals surface area contributed by atoms with E-state index in [1.165, 1.54) is 29.3 Å². The lowest BCUT2D eigenvalue weighted by Gasteiger charge is -2.26. The Morgan fingerprint density at radius 2 is 1.34 bits per heavy atom. The van der Waals surface area contributed by atoms with Gasteiger partial charge in [-0.2, -0.15) is 18.3 Å². The Bertz CT molecular complexity index is 1210. The highest BCUT2D eigenvalue weighted by atomic mass is 32.2. The average Bonchev–Trinajstić information content (AvgIpc) is 3.27. The summed E-state index contributed by atoms with van der Waals surface area (Å²) in [6, 6.07) is 23.8. The van der Waals surface area contributed by atoms with E-state index in [1.807, 2.05) is 60.7 Å². The van der Waals surface area contributed by atoms with Crippen LogP contribution in [0.25, 0.3) is 11.1 Å². The zero-order valence-corrected chi connectivity index (χ0v) is 17.1. The largest absolute Gasteiger partial charge is 0.441 e. The number of alkyl halides is 3. The van der Waals surface area contributed by atoms with Gasteiger partial charge in [-0.15, -0.1) is 0 Å². The monoisotopic (exact) mass is 453 g/mol. The van der Waals surface area contributed by atoms with E-state index in [4.69, 9.17) is 0 Å². The van der Waals surface area contributed by atoms with Crippen LogP contribution in [0.3, 0.4) is 0 Å².